The summed E-state index contributed by atoms with van der Waals surface area (Å²) in [5.41, 5.74) is 6.06. The second-order valence-corrected chi connectivity index (χ2v) is 4.46. The van der Waals surface area contributed by atoms with Crippen LogP contribution in [0.25, 0.3) is 0 Å². The number of hydrogen-bond acceptors (Lipinski definition) is 4. The Labute approximate surface area is 107 Å². The van der Waals surface area contributed by atoms with Crippen LogP contribution in [-0.4, -0.2) is 24.3 Å². The van der Waals surface area contributed by atoms with Crippen LogP contribution in [0, 0.1) is 0 Å². The number of nitrogens with two attached hydrogens (primary N) is 1. The van der Waals surface area contributed by atoms with Crippen molar-refractivity contribution in [2.75, 3.05) is 13.2 Å². The molecule has 0 aromatic heterocycles. The molecule has 17 heavy (non-hydrogen) atoms. The molecule has 5 nitrogen and oxygen atoms in total. The maximum Gasteiger partial charge on any atom is 0.325 e. The summed E-state index contributed by atoms with van der Waals surface area (Å²) in [6.45, 7) is 1.13. The number of rotatable bonds is 2. The van der Waals surface area contributed by atoms with Gasteiger partial charge in [0.2, 0.25) is 0 Å². The van der Waals surface area contributed by atoms with E-state index in [0.29, 0.717) is 34.7 Å². The highest BCUT2D eigenvalue weighted by atomic mass is 79.9. The van der Waals surface area contributed by atoms with Gasteiger partial charge in [0.25, 0.3) is 0 Å². The van der Waals surface area contributed by atoms with Crippen LogP contribution in [0.3, 0.4) is 0 Å². The molecule has 0 saturated carbocycles. The molecule has 1 aliphatic rings. The fourth-order valence-electron chi connectivity index (χ4n) is 1.59. The molecule has 0 radical (unpaired) electrons. The van der Waals surface area contributed by atoms with Crippen molar-refractivity contribution in [1.29, 1.82) is 0 Å². The van der Waals surface area contributed by atoms with E-state index in [-0.39, 0.29) is 0 Å². The van der Waals surface area contributed by atoms with Crippen LogP contribution in [-0.2, 0) is 4.79 Å². The first-order chi connectivity index (χ1) is 8.11. The molecule has 1 atom stereocenters. The van der Waals surface area contributed by atoms with E-state index in [4.69, 9.17) is 20.3 Å². The number of benzene rings is 1. The van der Waals surface area contributed by atoms with E-state index in [9.17, 15) is 4.79 Å². The summed E-state index contributed by atoms with van der Waals surface area (Å²) in [6, 6.07) is 2.24. The molecule has 0 spiro atoms. The van der Waals surface area contributed by atoms with E-state index in [1.165, 1.54) is 0 Å². The maximum absolute atomic E-state index is 10.9. The number of ether oxygens (including phenoxy) is 2. The molecule has 0 aliphatic carbocycles. The summed E-state index contributed by atoms with van der Waals surface area (Å²) in [6.07, 6.45) is 0.793. The lowest BCUT2D eigenvalue weighted by molar-refractivity contribution is -0.138. The van der Waals surface area contributed by atoms with Crippen molar-refractivity contribution in [3.8, 4) is 11.5 Å². The van der Waals surface area contributed by atoms with E-state index in [1.54, 1.807) is 12.1 Å². The molecule has 0 saturated heterocycles. The van der Waals surface area contributed by atoms with Gasteiger partial charge in [-0.15, -0.1) is 0 Å². The van der Waals surface area contributed by atoms with Gasteiger partial charge in [0.05, 0.1) is 17.7 Å². The van der Waals surface area contributed by atoms with Crippen molar-refractivity contribution in [3.63, 3.8) is 0 Å². The first-order valence-electron chi connectivity index (χ1n) is 5.17. The maximum atomic E-state index is 10.9. The molecular weight excluding hydrogens is 290 g/mol. The number of carboxylic acid groups (broad SMARTS) is 1. The Morgan fingerprint density at radius 1 is 1.41 bits per heavy atom. The van der Waals surface area contributed by atoms with Crippen molar-refractivity contribution >= 4 is 21.9 Å². The molecule has 0 bridgehead atoms. The van der Waals surface area contributed by atoms with E-state index in [2.05, 4.69) is 15.9 Å². The molecule has 0 fully saturated rings. The predicted octanol–water partition coefficient (Wildman–Crippen LogP) is 1.69. The minimum atomic E-state index is -1.08. The van der Waals surface area contributed by atoms with Crippen LogP contribution in [0.1, 0.15) is 18.0 Å². The Kier molecular flexibility index (Phi) is 3.54. The van der Waals surface area contributed by atoms with Crippen LogP contribution < -0.4 is 15.2 Å². The Hall–Kier alpha value is -1.27. The quantitative estimate of drug-likeness (QED) is 0.869. The third kappa shape index (κ3) is 2.37. The molecule has 0 amide bonds. The topological polar surface area (TPSA) is 81.8 Å². The van der Waals surface area contributed by atoms with Gasteiger partial charge >= 0.3 is 5.97 Å². The van der Waals surface area contributed by atoms with Gasteiger partial charge in [-0.1, -0.05) is 6.07 Å². The normalized spacial score (nSPS) is 16.1. The zero-order valence-corrected chi connectivity index (χ0v) is 10.6. The highest BCUT2D eigenvalue weighted by Crippen LogP contribution is 2.40. The second kappa shape index (κ2) is 4.93. The van der Waals surface area contributed by atoms with Crippen molar-refractivity contribution in [3.05, 3.63) is 22.2 Å². The zero-order valence-electron chi connectivity index (χ0n) is 8.98. The molecule has 1 heterocycles. The van der Waals surface area contributed by atoms with E-state index < -0.39 is 12.0 Å². The van der Waals surface area contributed by atoms with Crippen molar-refractivity contribution in [2.45, 2.75) is 12.5 Å². The lowest BCUT2D eigenvalue weighted by Crippen LogP contribution is -2.21. The lowest BCUT2D eigenvalue weighted by atomic mass is 10.1. The molecular formula is C11H12BrNO4. The second-order valence-electron chi connectivity index (χ2n) is 3.66. The van der Waals surface area contributed by atoms with Crippen LogP contribution >= 0.6 is 15.9 Å². The van der Waals surface area contributed by atoms with Gasteiger partial charge in [-0.2, -0.15) is 0 Å². The third-order valence-electron chi connectivity index (χ3n) is 2.48. The first kappa shape index (κ1) is 12.2. The standard InChI is InChI=1S/C11H12BrNO4/c12-8-6(9(13)11(14)15)2-3-7-10(8)17-5-1-4-16-7/h2-3,9H,1,4-5,13H2,(H,14,15). The van der Waals surface area contributed by atoms with Gasteiger partial charge < -0.3 is 20.3 Å². The summed E-state index contributed by atoms with van der Waals surface area (Å²) in [7, 11) is 0. The minimum Gasteiger partial charge on any atom is -0.490 e. The molecule has 1 aromatic rings. The first-order valence-corrected chi connectivity index (χ1v) is 5.97. The fraction of sp³-hybridized carbons (Fsp3) is 0.364. The fourth-order valence-corrected chi connectivity index (χ4v) is 2.28. The van der Waals surface area contributed by atoms with E-state index in [1.807, 2.05) is 0 Å². The summed E-state index contributed by atoms with van der Waals surface area (Å²) < 4.78 is 11.6. The van der Waals surface area contributed by atoms with Crippen LogP contribution in [0.4, 0.5) is 0 Å². The Morgan fingerprint density at radius 2 is 2.12 bits per heavy atom. The summed E-state index contributed by atoms with van der Waals surface area (Å²) >= 11 is 3.32. The largest absolute Gasteiger partial charge is 0.490 e. The number of halogens is 1. The SMILES string of the molecule is NC(C(=O)O)c1ccc2c(c1Br)OCCCO2. The van der Waals surface area contributed by atoms with Gasteiger partial charge in [0.1, 0.15) is 6.04 Å². The number of aliphatic carboxylic acids is 1. The van der Waals surface area contributed by atoms with Crippen LogP contribution in [0.2, 0.25) is 0 Å². The van der Waals surface area contributed by atoms with Gasteiger partial charge in [-0.05, 0) is 27.6 Å². The van der Waals surface area contributed by atoms with Crippen LogP contribution in [0.5, 0.6) is 11.5 Å². The number of hydrogen-bond donors (Lipinski definition) is 2. The van der Waals surface area contributed by atoms with Crippen molar-refractivity contribution < 1.29 is 19.4 Å². The van der Waals surface area contributed by atoms with Crippen molar-refractivity contribution in [1.82, 2.24) is 0 Å². The van der Waals surface area contributed by atoms with E-state index >= 15 is 0 Å². The monoisotopic (exact) mass is 301 g/mol. The molecule has 1 aromatic carbocycles. The molecule has 1 aliphatic heterocycles. The number of fused-ring (bicyclic) bond motifs is 1. The summed E-state index contributed by atoms with van der Waals surface area (Å²) in [5.74, 6) is 0.0487. The predicted molar refractivity (Wildman–Crippen MR) is 64.3 cm³/mol. The number of carboxylic acids is 1. The Morgan fingerprint density at radius 3 is 2.82 bits per heavy atom. The highest BCUT2D eigenvalue weighted by molar-refractivity contribution is 9.10. The third-order valence-corrected chi connectivity index (χ3v) is 3.30. The average molecular weight is 302 g/mol. The summed E-state index contributed by atoms with van der Waals surface area (Å²) in [4.78, 5) is 10.9. The smallest absolute Gasteiger partial charge is 0.325 e. The summed E-state index contributed by atoms with van der Waals surface area (Å²) in [5, 5.41) is 8.90. The van der Waals surface area contributed by atoms with Crippen LogP contribution in [0.15, 0.2) is 16.6 Å². The highest BCUT2D eigenvalue weighted by Gasteiger charge is 2.23. The molecule has 92 valence electrons. The van der Waals surface area contributed by atoms with Gasteiger partial charge in [0, 0.05) is 6.42 Å². The van der Waals surface area contributed by atoms with Gasteiger partial charge in [0.15, 0.2) is 11.5 Å². The van der Waals surface area contributed by atoms with Gasteiger partial charge in [-0.25, -0.2) is 0 Å². The average Bonchev–Trinajstić information content (AvgIpc) is 2.54. The lowest BCUT2D eigenvalue weighted by Gasteiger charge is -2.15. The Balaban J connectivity index is 2.44. The molecule has 2 rings (SSSR count). The molecule has 1 unspecified atom stereocenters. The Bertz CT molecular complexity index is 449. The molecule has 6 heteroatoms. The number of carbonyl (C=O) groups is 1. The molecule has 3 N–H and O–H groups in total. The minimum absolute atomic E-state index is 0.474. The zero-order chi connectivity index (χ0) is 12.4. The van der Waals surface area contributed by atoms with Crippen molar-refractivity contribution in [2.24, 2.45) is 5.73 Å². The van der Waals surface area contributed by atoms with E-state index in [0.717, 1.165) is 6.42 Å². The van der Waals surface area contributed by atoms with Gasteiger partial charge in [-0.3, -0.25) is 4.79 Å².